The van der Waals surface area contributed by atoms with Gasteiger partial charge in [-0.15, -0.1) is 0 Å². The lowest BCUT2D eigenvalue weighted by molar-refractivity contribution is 0.414. The van der Waals surface area contributed by atoms with Crippen molar-refractivity contribution in [1.29, 1.82) is 0 Å². The molecule has 2 heterocycles. The number of ether oxygens (including phenoxy) is 2. The lowest BCUT2D eigenvalue weighted by Crippen LogP contribution is -2.42. The van der Waals surface area contributed by atoms with E-state index in [2.05, 4.69) is 0 Å². The number of aromatic nitrogens is 3. The number of methoxy groups -OCH3 is 1. The first-order valence-corrected chi connectivity index (χ1v) is 13.2. The molecule has 212 valence electrons. The Hall–Kier alpha value is -4.92. The van der Waals surface area contributed by atoms with Crippen LogP contribution in [0.15, 0.2) is 87.2 Å². The van der Waals surface area contributed by atoms with E-state index in [0.717, 1.165) is 19.3 Å². The largest absolute Gasteiger partial charge is 0.497 e. The van der Waals surface area contributed by atoms with Gasteiger partial charge < -0.3 is 9.47 Å². The van der Waals surface area contributed by atoms with Crippen LogP contribution in [0.5, 0.6) is 17.2 Å². The van der Waals surface area contributed by atoms with Gasteiger partial charge >= 0.3 is 5.69 Å². The number of para-hydroxylation sites is 1. The fourth-order valence-electron chi connectivity index (χ4n) is 4.49. The zero-order valence-electron chi connectivity index (χ0n) is 23.9. The molecule has 0 spiro atoms. The van der Waals surface area contributed by atoms with Crippen molar-refractivity contribution in [2.75, 3.05) is 7.11 Å². The maximum absolute atomic E-state index is 15.3. The predicted molar refractivity (Wildman–Crippen MR) is 158 cm³/mol. The second kappa shape index (κ2) is 12.1. The fraction of sp³-hybridized carbons (Fsp3) is 0.219. The molecule has 0 amide bonds. The molecule has 0 unspecified atom stereocenters. The Bertz CT molecular complexity index is 1900. The first-order chi connectivity index (χ1) is 19.7. The lowest BCUT2D eigenvalue weighted by atomic mass is 10.2. The monoisotopic (exact) mass is 557 g/mol. The number of fused-ring (bicyclic) bond motifs is 1. The molecule has 0 atom stereocenters. The van der Waals surface area contributed by atoms with E-state index in [-0.39, 0.29) is 29.0 Å². The average Bonchev–Trinajstić information content (AvgIpc) is 2.97. The first kappa shape index (κ1) is 29.1. The summed E-state index contributed by atoms with van der Waals surface area (Å²) in [6.45, 7) is 7.46. The van der Waals surface area contributed by atoms with E-state index in [1.165, 1.54) is 32.4 Å². The molecular formula is C32H32FN3O5. The van der Waals surface area contributed by atoms with Crippen LogP contribution in [-0.2, 0) is 13.6 Å². The van der Waals surface area contributed by atoms with Gasteiger partial charge in [0.15, 0.2) is 0 Å². The Labute approximate surface area is 236 Å². The van der Waals surface area contributed by atoms with E-state index < -0.39 is 22.6 Å². The molecule has 0 bridgehead atoms. The SMILES string of the molecule is CC.COc1ccc(Cn2c(=O)c3c(Oc4ccccc4C)cc(=O)n(C)c3n(-c3ccc(C)cc3F)c2=O)cc1. The van der Waals surface area contributed by atoms with Crippen LogP contribution in [0.3, 0.4) is 0 Å². The van der Waals surface area contributed by atoms with Gasteiger partial charge in [0.2, 0.25) is 0 Å². The second-order valence-electron chi connectivity index (χ2n) is 9.28. The molecule has 0 aliphatic heterocycles. The van der Waals surface area contributed by atoms with E-state index >= 15 is 4.39 Å². The Balaban J connectivity index is 0.00000189. The van der Waals surface area contributed by atoms with Crippen LogP contribution in [0.4, 0.5) is 4.39 Å². The van der Waals surface area contributed by atoms with Crippen LogP contribution < -0.4 is 26.3 Å². The summed E-state index contributed by atoms with van der Waals surface area (Å²) in [5.74, 6) is 0.350. The molecular weight excluding hydrogens is 525 g/mol. The van der Waals surface area contributed by atoms with Crippen LogP contribution in [0.2, 0.25) is 0 Å². The van der Waals surface area contributed by atoms with Crippen molar-refractivity contribution in [2.45, 2.75) is 34.2 Å². The van der Waals surface area contributed by atoms with Gasteiger partial charge in [-0.1, -0.05) is 50.2 Å². The van der Waals surface area contributed by atoms with Gasteiger partial charge in [-0.3, -0.25) is 18.7 Å². The quantitative estimate of drug-likeness (QED) is 0.276. The molecule has 41 heavy (non-hydrogen) atoms. The number of benzene rings is 3. The minimum absolute atomic E-state index is 0.0304. The maximum Gasteiger partial charge on any atom is 0.337 e. The second-order valence-corrected chi connectivity index (χ2v) is 9.28. The molecule has 0 fully saturated rings. The summed E-state index contributed by atoms with van der Waals surface area (Å²) >= 11 is 0. The summed E-state index contributed by atoms with van der Waals surface area (Å²) in [6.07, 6.45) is 0. The molecule has 0 aliphatic carbocycles. The normalized spacial score (nSPS) is 10.7. The fourth-order valence-corrected chi connectivity index (χ4v) is 4.49. The third-order valence-electron chi connectivity index (χ3n) is 6.62. The Kier molecular flexibility index (Phi) is 8.56. The van der Waals surface area contributed by atoms with Crippen LogP contribution in [0.1, 0.15) is 30.5 Å². The Morgan fingerprint density at radius 3 is 2.17 bits per heavy atom. The molecule has 0 saturated heterocycles. The summed E-state index contributed by atoms with van der Waals surface area (Å²) in [7, 11) is 2.97. The minimum atomic E-state index is -0.797. The number of nitrogens with zero attached hydrogens (tertiary/aromatic N) is 3. The highest BCUT2D eigenvalue weighted by atomic mass is 19.1. The van der Waals surface area contributed by atoms with Gasteiger partial charge in [-0.25, -0.2) is 13.8 Å². The number of hydrogen-bond acceptors (Lipinski definition) is 5. The number of rotatable bonds is 6. The van der Waals surface area contributed by atoms with E-state index in [1.807, 2.05) is 32.9 Å². The molecule has 0 saturated carbocycles. The number of aryl methyl sites for hydroxylation is 3. The van der Waals surface area contributed by atoms with E-state index in [1.54, 1.807) is 49.4 Å². The highest BCUT2D eigenvalue weighted by Gasteiger charge is 2.23. The average molecular weight is 558 g/mol. The van der Waals surface area contributed by atoms with Crippen LogP contribution in [-0.4, -0.2) is 20.8 Å². The third kappa shape index (κ3) is 5.56. The summed E-state index contributed by atoms with van der Waals surface area (Å²) < 4.78 is 29.9. The van der Waals surface area contributed by atoms with Crippen molar-refractivity contribution in [3.8, 4) is 22.9 Å². The standard InChI is InChI=1S/C30H26FN3O5.C2H6/c1-18-9-14-23(22(31)15-18)34-28-27(25(16-26(35)32(28)3)39-24-8-6-5-7-19(24)2)29(36)33(30(34)37)17-20-10-12-21(38-4)13-11-20;1-2/h5-16H,17H2,1-4H3;1-2H3. The van der Waals surface area contributed by atoms with Gasteiger partial charge in [-0.05, 0) is 60.9 Å². The van der Waals surface area contributed by atoms with Crippen molar-refractivity contribution < 1.29 is 13.9 Å². The van der Waals surface area contributed by atoms with Gasteiger partial charge in [0.05, 0.1) is 19.3 Å². The van der Waals surface area contributed by atoms with Crippen molar-refractivity contribution in [2.24, 2.45) is 7.05 Å². The van der Waals surface area contributed by atoms with Crippen LogP contribution >= 0.6 is 0 Å². The van der Waals surface area contributed by atoms with Gasteiger partial charge in [0.25, 0.3) is 11.1 Å². The first-order valence-electron chi connectivity index (χ1n) is 13.2. The van der Waals surface area contributed by atoms with E-state index in [0.29, 0.717) is 22.6 Å². The van der Waals surface area contributed by atoms with Gasteiger partial charge in [0.1, 0.15) is 34.1 Å². The molecule has 2 aromatic heterocycles. The zero-order valence-corrected chi connectivity index (χ0v) is 23.9. The minimum Gasteiger partial charge on any atom is -0.497 e. The number of halogens is 1. The Morgan fingerprint density at radius 2 is 1.54 bits per heavy atom. The molecule has 5 rings (SSSR count). The lowest BCUT2D eigenvalue weighted by Gasteiger charge is -2.19. The molecule has 5 aromatic rings. The van der Waals surface area contributed by atoms with Crippen molar-refractivity contribution in [1.82, 2.24) is 13.7 Å². The van der Waals surface area contributed by atoms with E-state index in [9.17, 15) is 14.4 Å². The molecule has 0 aliphatic rings. The third-order valence-corrected chi connectivity index (χ3v) is 6.62. The summed E-state index contributed by atoms with van der Waals surface area (Å²) in [6, 6.07) is 19.7. The van der Waals surface area contributed by atoms with Crippen molar-refractivity contribution >= 4 is 11.0 Å². The van der Waals surface area contributed by atoms with Gasteiger partial charge in [0, 0.05) is 13.1 Å². The number of hydrogen-bond donors (Lipinski definition) is 0. The number of pyridine rings is 1. The maximum atomic E-state index is 15.3. The predicted octanol–water partition coefficient (Wildman–Crippen LogP) is 5.48. The van der Waals surface area contributed by atoms with Crippen LogP contribution in [0.25, 0.3) is 16.7 Å². The highest BCUT2D eigenvalue weighted by molar-refractivity contribution is 5.83. The smallest absolute Gasteiger partial charge is 0.337 e. The molecule has 0 radical (unpaired) electrons. The highest BCUT2D eigenvalue weighted by Crippen LogP contribution is 2.29. The van der Waals surface area contributed by atoms with Crippen molar-refractivity contribution in [3.63, 3.8) is 0 Å². The topological polar surface area (TPSA) is 84.5 Å². The Morgan fingerprint density at radius 1 is 0.854 bits per heavy atom. The summed E-state index contributed by atoms with van der Waals surface area (Å²) in [4.78, 5) is 41.0. The summed E-state index contributed by atoms with van der Waals surface area (Å²) in [5.41, 5.74) is -0.0873. The molecule has 8 nitrogen and oxygen atoms in total. The summed E-state index contributed by atoms with van der Waals surface area (Å²) in [5, 5.41) is -0.0339. The van der Waals surface area contributed by atoms with E-state index in [4.69, 9.17) is 9.47 Å². The molecule has 3 aromatic carbocycles. The van der Waals surface area contributed by atoms with Crippen LogP contribution in [0, 0.1) is 19.7 Å². The zero-order chi connectivity index (χ0) is 29.8. The molecule has 0 N–H and O–H groups in total. The van der Waals surface area contributed by atoms with Gasteiger partial charge in [-0.2, -0.15) is 0 Å². The molecule has 9 heteroatoms. The van der Waals surface area contributed by atoms with Crippen molar-refractivity contribution in [3.05, 3.63) is 126 Å².